The Hall–Kier alpha value is -1.55. The number of ether oxygens (including phenoxy) is 1. The molecule has 1 atom stereocenters. The Balaban J connectivity index is 2.00. The molecule has 0 aromatic heterocycles. The molecule has 0 radical (unpaired) electrons. The lowest BCUT2D eigenvalue weighted by atomic mass is 10.1. The fourth-order valence-corrected chi connectivity index (χ4v) is 2.46. The lowest BCUT2D eigenvalue weighted by molar-refractivity contribution is 0.0945. The maximum absolute atomic E-state index is 12.3. The van der Waals surface area contributed by atoms with Crippen molar-refractivity contribution in [3.8, 4) is 5.75 Å². The first-order valence-corrected chi connectivity index (χ1v) is 7.90. The summed E-state index contributed by atoms with van der Waals surface area (Å²) in [5.41, 5.74) is 1.69. The third-order valence-corrected chi connectivity index (χ3v) is 3.88. The van der Waals surface area contributed by atoms with Gasteiger partial charge in [-0.1, -0.05) is 20.3 Å². The average Bonchev–Trinajstić information content (AvgIpc) is 2.51. The zero-order valence-electron chi connectivity index (χ0n) is 13.3. The van der Waals surface area contributed by atoms with Gasteiger partial charge in [0.05, 0.1) is 18.8 Å². The number of hydrogen-bond donors (Lipinski definition) is 1. The van der Waals surface area contributed by atoms with Crippen molar-refractivity contribution >= 4 is 11.5 Å². The molecule has 1 aliphatic rings. The van der Waals surface area contributed by atoms with Crippen LogP contribution in [0.3, 0.4) is 0 Å². The molecule has 1 aliphatic heterocycles. The lowest BCUT2D eigenvalue weighted by Crippen LogP contribution is -2.30. The molecule has 0 saturated carbocycles. The van der Waals surface area contributed by atoms with Crippen LogP contribution in [0.1, 0.15) is 43.5 Å². The van der Waals surface area contributed by atoms with Gasteiger partial charge in [-0.3, -0.25) is 9.69 Å². The van der Waals surface area contributed by atoms with Gasteiger partial charge in [-0.25, -0.2) is 0 Å². The molecule has 0 amide bonds. The number of fused-ring (bicyclic) bond motifs is 1. The molecule has 1 aromatic rings. The number of Topliss-reactive ketones (excluding diaryl/α,β-unsaturated/α-hetero) is 1. The summed E-state index contributed by atoms with van der Waals surface area (Å²) in [6, 6.07) is 5.69. The Morgan fingerprint density at radius 1 is 1.43 bits per heavy atom. The predicted molar refractivity (Wildman–Crippen MR) is 86.4 cm³/mol. The molecule has 21 heavy (non-hydrogen) atoms. The van der Waals surface area contributed by atoms with E-state index in [0.717, 1.165) is 49.4 Å². The minimum Gasteiger partial charge on any atom is -0.486 e. The summed E-state index contributed by atoms with van der Waals surface area (Å²) >= 11 is 0. The molecule has 0 spiro atoms. The van der Waals surface area contributed by atoms with E-state index in [1.807, 2.05) is 25.2 Å². The highest BCUT2D eigenvalue weighted by molar-refractivity contribution is 5.98. The van der Waals surface area contributed by atoms with Crippen LogP contribution in [-0.4, -0.2) is 43.5 Å². The van der Waals surface area contributed by atoms with Gasteiger partial charge in [0.25, 0.3) is 0 Å². The van der Waals surface area contributed by atoms with Crippen molar-refractivity contribution in [2.24, 2.45) is 0 Å². The Morgan fingerprint density at radius 2 is 2.24 bits per heavy atom. The van der Waals surface area contributed by atoms with Crippen LogP contribution in [-0.2, 0) is 0 Å². The normalized spacial score (nSPS) is 17.0. The van der Waals surface area contributed by atoms with E-state index in [1.165, 1.54) is 0 Å². The van der Waals surface area contributed by atoms with Crippen LogP contribution in [0, 0.1) is 0 Å². The third kappa shape index (κ3) is 4.21. The molecule has 1 N–H and O–H groups in total. The van der Waals surface area contributed by atoms with Crippen molar-refractivity contribution in [2.45, 2.75) is 39.2 Å². The monoisotopic (exact) mass is 290 g/mol. The van der Waals surface area contributed by atoms with Crippen molar-refractivity contribution in [3.05, 3.63) is 23.8 Å². The fraction of sp³-hybridized carbons (Fsp3) is 0.588. The summed E-state index contributed by atoms with van der Waals surface area (Å²) in [5, 5.41) is 3.36. The predicted octanol–water partition coefficient (Wildman–Crippen LogP) is 3.18. The Kier molecular flexibility index (Phi) is 5.62. The highest BCUT2D eigenvalue weighted by atomic mass is 16.5. The molecular formula is C17H26N2O2. The largest absolute Gasteiger partial charge is 0.486 e. The number of nitrogens with zero attached hydrogens (tertiary/aromatic N) is 1. The van der Waals surface area contributed by atoms with Crippen molar-refractivity contribution in [1.82, 2.24) is 4.90 Å². The maximum Gasteiger partial charge on any atom is 0.176 e. The second-order valence-electron chi connectivity index (χ2n) is 5.75. The van der Waals surface area contributed by atoms with Gasteiger partial charge < -0.3 is 10.1 Å². The number of carbonyl (C=O) groups is 1. The first-order chi connectivity index (χ1) is 10.1. The number of anilines is 1. The molecular weight excluding hydrogens is 264 g/mol. The van der Waals surface area contributed by atoms with Crippen LogP contribution in [0.25, 0.3) is 0 Å². The SMILES string of the molecule is CCCCN(C)CC(=O)c1ccc2c(c1)NCC(CC)O2. The van der Waals surface area contributed by atoms with E-state index in [-0.39, 0.29) is 11.9 Å². The number of carbonyl (C=O) groups excluding carboxylic acids is 1. The van der Waals surface area contributed by atoms with Gasteiger partial charge in [0.15, 0.2) is 5.78 Å². The lowest BCUT2D eigenvalue weighted by Gasteiger charge is -2.27. The van der Waals surface area contributed by atoms with Crippen LogP contribution in [0.4, 0.5) is 5.69 Å². The quantitative estimate of drug-likeness (QED) is 0.783. The summed E-state index contributed by atoms with van der Waals surface area (Å²) in [6.07, 6.45) is 3.48. The molecule has 0 fully saturated rings. The molecule has 1 heterocycles. The van der Waals surface area contributed by atoms with Crippen molar-refractivity contribution in [2.75, 3.05) is 32.0 Å². The minimum atomic E-state index is 0.163. The smallest absolute Gasteiger partial charge is 0.176 e. The molecule has 4 heteroatoms. The number of ketones is 1. The van der Waals surface area contributed by atoms with E-state index in [2.05, 4.69) is 24.1 Å². The van der Waals surface area contributed by atoms with Crippen molar-refractivity contribution in [3.63, 3.8) is 0 Å². The molecule has 1 unspecified atom stereocenters. The van der Waals surface area contributed by atoms with E-state index < -0.39 is 0 Å². The van der Waals surface area contributed by atoms with Crippen LogP contribution in [0.15, 0.2) is 18.2 Å². The van der Waals surface area contributed by atoms with E-state index in [1.54, 1.807) is 0 Å². The average molecular weight is 290 g/mol. The number of rotatable bonds is 7. The Bertz CT molecular complexity index is 488. The zero-order chi connectivity index (χ0) is 15.2. The molecule has 0 bridgehead atoms. The van der Waals surface area contributed by atoms with Gasteiger partial charge in [-0.15, -0.1) is 0 Å². The minimum absolute atomic E-state index is 0.163. The highest BCUT2D eigenvalue weighted by Gasteiger charge is 2.19. The second-order valence-corrected chi connectivity index (χ2v) is 5.75. The van der Waals surface area contributed by atoms with Gasteiger partial charge in [0.1, 0.15) is 11.9 Å². The van der Waals surface area contributed by atoms with Crippen molar-refractivity contribution in [1.29, 1.82) is 0 Å². The molecule has 1 aromatic carbocycles. The third-order valence-electron chi connectivity index (χ3n) is 3.88. The topological polar surface area (TPSA) is 41.6 Å². The number of benzene rings is 1. The van der Waals surface area contributed by atoms with Crippen molar-refractivity contribution < 1.29 is 9.53 Å². The molecule has 2 rings (SSSR count). The van der Waals surface area contributed by atoms with Gasteiger partial charge in [-0.05, 0) is 44.6 Å². The second kappa shape index (κ2) is 7.46. The summed E-state index contributed by atoms with van der Waals surface area (Å²) in [5.74, 6) is 1.01. The zero-order valence-corrected chi connectivity index (χ0v) is 13.3. The van der Waals surface area contributed by atoms with Crippen LogP contribution in [0.2, 0.25) is 0 Å². The number of hydrogen-bond acceptors (Lipinski definition) is 4. The van der Waals surface area contributed by atoms with Crippen LogP contribution < -0.4 is 10.1 Å². The first kappa shape index (κ1) is 15.8. The van der Waals surface area contributed by atoms with Gasteiger partial charge in [0.2, 0.25) is 0 Å². The summed E-state index contributed by atoms with van der Waals surface area (Å²) < 4.78 is 5.87. The Labute approximate surface area is 127 Å². The molecule has 0 saturated heterocycles. The van der Waals surface area contributed by atoms with E-state index in [0.29, 0.717) is 6.54 Å². The van der Waals surface area contributed by atoms with E-state index in [4.69, 9.17) is 4.74 Å². The fourth-order valence-electron chi connectivity index (χ4n) is 2.46. The number of nitrogens with one attached hydrogen (secondary N) is 1. The summed E-state index contributed by atoms with van der Waals surface area (Å²) in [7, 11) is 2.00. The summed E-state index contributed by atoms with van der Waals surface area (Å²) in [4.78, 5) is 14.4. The number of likely N-dealkylation sites (N-methyl/N-ethyl adjacent to an activating group) is 1. The van der Waals surface area contributed by atoms with Crippen LogP contribution in [0.5, 0.6) is 5.75 Å². The standard InChI is InChI=1S/C17H26N2O2/c1-4-6-9-19(3)12-16(20)13-7-8-17-15(10-13)18-11-14(5-2)21-17/h7-8,10,14,18H,4-6,9,11-12H2,1-3H3. The van der Waals surface area contributed by atoms with E-state index >= 15 is 0 Å². The van der Waals surface area contributed by atoms with Gasteiger partial charge in [0, 0.05) is 5.56 Å². The maximum atomic E-state index is 12.3. The van der Waals surface area contributed by atoms with Crippen LogP contribution >= 0.6 is 0 Å². The highest BCUT2D eigenvalue weighted by Crippen LogP contribution is 2.30. The van der Waals surface area contributed by atoms with E-state index in [9.17, 15) is 4.79 Å². The van der Waals surface area contributed by atoms with Gasteiger partial charge in [-0.2, -0.15) is 0 Å². The first-order valence-electron chi connectivity index (χ1n) is 7.90. The Morgan fingerprint density at radius 3 is 2.95 bits per heavy atom. The summed E-state index contributed by atoms with van der Waals surface area (Å²) in [6.45, 7) is 6.51. The number of unbranched alkanes of at least 4 members (excludes halogenated alkanes) is 1. The molecule has 116 valence electrons. The molecule has 0 aliphatic carbocycles. The van der Waals surface area contributed by atoms with Gasteiger partial charge >= 0.3 is 0 Å². The molecule has 4 nitrogen and oxygen atoms in total.